The molecule has 2 aromatic heterocycles. The summed E-state index contributed by atoms with van der Waals surface area (Å²) in [5, 5.41) is 2.85. The van der Waals surface area contributed by atoms with Crippen LogP contribution in [0.3, 0.4) is 0 Å². The number of hydrogen-bond acceptors (Lipinski definition) is 6. The lowest BCUT2D eigenvalue weighted by atomic mass is 10.2. The van der Waals surface area contributed by atoms with Crippen LogP contribution in [-0.2, 0) is 6.42 Å². The lowest BCUT2D eigenvalue weighted by Gasteiger charge is -2.19. The van der Waals surface area contributed by atoms with Crippen LogP contribution in [0.25, 0.3) is 0 Å². The maximum atomic E-state index is 12.7. The van der Waals surface area contributed by atoms with Crippen molar-refractivity contribution in [3.8, 4) is 5.75 Å². The summed E-state index contributed by atoms with van der Waals surface area (Å²) in [6.45, 7) is 2.54. The summed E-state index contributed by atoms with van der Waals surface area (Å²) in [6, 6.07) is 12.9. The molecule has 0 aliphatic heterocycles. The molecular weight excluding hydrogens is 354 g/mol. The third-order valence-electron chi connectivity index (χ3n) is 4.29. The minimum absolute atomic E-state index is 0.307. The Hall–Kier alpha value is -3.48. The van der Waals surface area contributed by atoms with Gasteiger partial charge in [-0.3, -0.25) is 9.78 Å². The lowest BCUT2D eigenvalue weighted by molar-refractivity contribution is 0.102. The number of ether oxygens (including phenoxy) is 1. The highest BCUT2D eigenvalue weighted by Gasteiger charge is 2.14. The third-order valence-corrected chi connectivity index (χ3v) is 4.29. The summed E-state index contributed by atoms with van der Waals surface area (Å²) in [6.07, 6.45) is 4.42. The zero-order chi connectivity index (χ0) is 19.9. The van der Waals surface area contributed by atoms with Crippen molar-refractivity contribution < 1.29 is 9.53 Å². The van der Waals surface area contributed by atoms with Gasteiger partial charge in [0.05, 0.1) is 12.8 Å². The molecule has 0 aliphatic carbocycles. The van der Waals surface area contributed by atoms with E-state index in [0.717, 1.165) is 13.0 Å². The number of amides is 1. The zero-order valence-electron chi connectivity index (χ0n) is 16.2. The Labute approximate surface area is 164 Å². The van der Waals surface area contributed by atoms with Gasteiger partial charge in [-0.2, -0.15) is 0 Å². The van der Waals surface area contributed by atoms with Gasteiger partial charge < -0.3 is 15.0 Å². The summed E-state index contributed by atoms with van der Waals surface area (Å²) < 4.78 is 5.28. The molecule has 0 spiro atoms. The number of benzene rings is 1. The van der Waals surface area contributed by atoms with E-state index in [9.17, 15) is 4.79 Å². The molecule has 7 heteroatoms. The molecule has 0 fully saturated rings. The molecule has 0 aliphatic rings. The highest BCUT2D eigenvalue weighted by molar-refractivity contribution is 6.04. The van der Waals surface area contributed by atoms with Gasteiger partial charge in [0.25, 0.3) is 5.91 Å². The number of methoxy groups -OCH3 is 1. The Morgan fingerprint density at radius 1 is 1.14 bits per heavy atom. The van der Waals surface area contributed by atoms with Crippen molar-refractivity contribution in [3.05, 3.63) is 71.9 Å². The van der Waals surface area contributed by atoms with Crippen molar-refractivity contribution in [2.24, 2.45) is 0 Å². The number of carbonyl (C=O) groups is 1. The predicted octanol–water partition coefficient (Wildman–Crippen LogP) is 3.12. The fourth-order valence-electron chi connectivity index (χ4n) is 2.76. The van der Waals surface area contributed by atoms with Crippen LogP contribution in [0, 0.1) is 6.92 Å². The van der Waals surface area contributed by atoms with Crippen LogP contribution in [0.5, 0.6) is 5.75 Å². The van der Waals surface area contributed by atoms with Gasteiger partial charge in [-0.15, -0.1) is 0 Å². The Balaban J connectivity index is 1.74. The van der Waals surface area contributed by atoms with Crippen LogP contribution in [-0.4, -0.2) is 41.6 Å². The molecule has 0 radical (unpaired) electrons. The molecule has 144 valence electrons. The molecule has 1 aromatic carbocycles. The normalized spacial score (nSPS) is 10.4. The number of likely N-dealkylation sites (N-methyl/N-ethyl adjacent to an activating group) is 1. The van der Waals surface area contributed by atoms with E-state index in [1.807, 2.05) is 36.2 Å². The van der Waals surface area contributed by atoms with E-state index in [1.54, 1.807) is 44.6 Å². The first-order chi connectivity index (χ1) is 13.6. The Morgan fingerprint density at radius 3 is 2.64 bits per heavy atom. The van der Waals surface area contributed by atoms with E-state index in [-0.39, 0.29) is 5.91 Å². The molecule has 0 bridgehead atoms. The molecule has 3 aromatic rings. The van der Waals surface area contributed by atoms with Crippen molar-refractivity contribution in [1.82, 2.24) is 15.0 Å². The summed E-state index contributed by atoms with van der Waals surface area (Å²) in [5.74, 6) is 1.53. The number of aromatic nitrogens is 3. The monoisotopic (exact) mass is 377 g/mol. The van der Waals surface area contributed by atoms with E-state index in [2.05, 4.69) is 20.3 Å². The summed E-state index contributed by atoms with van der Waals surface area (Å²) >= 11 is 0. The summed E-state index contributed by atoms with van der Waals surface area (Å²) in [7, 11) is 3.51. The number of aryl methyl sites for hydroxylation is 1. The third kappa shape index (κ3) is 4.82. The molecular formula is C21H23N5O2. The quantitative estimate of drug-likeness (QED) is 0.681. The molecule has 1 amide bonds. The van der Waals surface area contributed by atoms with Crippen molar-refractivity contribution in [3.63, 3.8) is 0 Å². The molecule has 1 N–H and O–H groups in total. The predicted molar refractivity (Wildman–Crippen MR) is 109 cm³/mol. The smallest absolute Gasteiger partial charge is 0.274 e. The number of rotatable bonds is 7. The molecule has 0 unspecified atom stereocenters. The zero-order valence-corrected chi connectivity index (χ0v) is 16.2. The second-order valence-electron chi connectivity index (χ2n) is 6.34. The van der Waals surface area contributed by atoms with Crippen LogP contribution in [0.4, 0.5) is 11.5 Å². The highest BCUT2D eigenvalue weighted by atomic mass is 16.5. The molecule has 7 nitrogen and oxygen atoms in total. The van der Waals surface area contributed by atoms with Gasteiger partial charge in [-0.05, 0) is 43.2 Å². The Morgan fingerprint density at radius 2 is 1.89 bits per heavy atom. The first kappa shape index (κ1) is 19.3. The number of nitrogens with one attached hydrogen (secondary N) is 1. The highest BCUT2D eigenvalue weighted by Crippen LogP contribution is 2.24. The lowest BCUT2D eigenvalue weighted by Crippen LogP contribution is -2.23. The van der Waals surface area contributed by atoms with Gasteiger partial charge in [-0.25, -0.2) is 9.97 Å². The number of hydrogen-bond donors (Lipinski definition) is 1. The average molecular weight is 377 g/mol. The van der Waals surface area contributed by atoms with Gasteiger partial charge in [-0.1, -0.05) is 12.1 Å². The van der Waals surface area contributed by atoms with E-state index < -0.39 is 0 Å². The van der Waals surface area contributed by atoms with E-state index >= 15 is 0 Å². The van der Waals surface area contributed by atoms with Crippen molar-refractivity contribution in [2.45, 2.75) is 13.3 Å². The molecule has 28 heavy (non-hydrogen) atoms. The largest absolute Gasteiger partial charge is 0.495 e. The van der Waals surface area contributed by atoms with Crippen LogP contribution in [0.1, 0.15) is 21.9 Å². The molecule has 2 heterocycles. The van der Waals surface area contributed by atoms with Gasteiger partial charge in [0, 0.05) is 32.1 Å². The van der Waals surface area contributed by atoms with Crippen LogP contribution in [0.15, 0.2) is 54.9 Å². The number of carbonyl (C=O) groups excluding carboxylic acids is 1. The number of nitrogens with zero attached hydrogens (tertiary/aromatic N) is 4. The van der Waals surface area contributed by atoms with Crippen molar-refractivity contribution in [2.75, 3.05) is 30.9 Å². The van der Waals surface area contributed by atoms with E-state index in [4.69, 9.17) is 4.74 Å². The summed E-state index contributed by atoms with van der Waals surface area (Å²) in [4.78, 5) is 27.5. The number of para-hydroxylation sites is 2. The Kier molecular flexibility index (Phi) is 6.16. The molecule has 3 rings (SSSR count). The molecule has 0 atom stereocenters. The SMILES string of the molecule is COc1ccccc1NC(=O)c1cc(N(C)CCc2ccncc2)nc(C)n1. The maximum Gasteiger partial charge on any atom is 0.274 e. The fraction of sp³-hybridized carbons (Fsp3) is 0.238. The van der Waals surface area contributed by atoms with Crippen LogP contribution in [0.2, 0.25) is 0 Å². The van der Waals surface area contributed by atoms with Crippen molar-refractivity contribution >= 4 is 17.4 Å². The first-order valence-corrected chi connectivity index (χ1v) is 8.97. The van der Waals surface area contributed by atoms with Crippen LogP contribution < -0.4 is 15.0 Å². The first-order valence-electron chi connectivity index (χ1n) is 8.97. The maximum absolute atomic E-state index is 12.7. The van der Waals surface area contributed by atoms with Gasteiger partial charge in [0.1, 0.15) is 23.1 Å². The van der Waals surface area contributed by atoms with Gasteiger partial charge >= 0.3 is 0 Å². The van der Waals surface area contributed by atoms with Gasteiger partial charge in [0.15, 0.2) is 0 Å². The number of anilines is 2. The minimum Gasteiger partial charge on any atom is -0.495 e. The average Bonchev–Trinajstić information content (AvgIpc) is 2.72. The standard InChI is InChI=1S/C21H23N5O2/c1-15-23-18(21(27)25-17-6-4-5-7-19(17)28-3)14-20(24-15)26(2)13-10-16-8-11-22-12-9-16/h4-9,11-12,14H,10,13H2,1-3H3,(H,25,27). The molecule has 0 saturated heterocycles. The van der Waals surface area contributed by atoms with Crippen LogP contribution >= 0.6 is 0 Å². The molecule has 0 saturated carbocycles. The number of pyridine rings is 1. The van der Waals surface area contributed by atoms with E-state index in [1.165, 1.54) is 5.56 Å². The van der Waals surface area contributed by atoms with E-state index in [0.29, 0.717) is 28.8 Å². The Bertz CT molecular complexity index is 947. The second kappa shape index (κ2) is 8.94. The summed E-state index contributed by atoms with van der Waals surface area (Å²) in [5.41, 5.74) is 2.10. The van der Waals surface area contributed by atoms with Crippen molar-refractivity contribution in [1.29, 1.82) is 0 Å². The fourth-order valence-corrected chi connectivity index (χ4v) is 2.76. The topological polar surface area (TPSA) is 80.2 Å². The second-order valence-corrected chi connectivity index (χ2v) is 6.34. The minimum atomic E-state index is -0.307. The van der Waals surface area contributed by atoms with Gasteiger partial charge in [0.2, 0.25) is 0 Å².